The Balaban J connectivity index is 2.46. The highest BCUT2D eigenvalue weighted by molar-refractivity contribution is 5.86. The molecule has 1 aromatic carbocycles. The number of benzene rings is 1. The third-order valence-electron chi connectivity index (χ3n) is 2.73. The molecule has 1 aromatic rings. The minimum Gasteiger partial charge on any atom is -0.480 e. The van der Waals surface area contributed by atoms with Crippen molar-refractivity contribution in [2.45, 2.75) is 13.3 Å². The minimum atomic E-state index is -1.11. The van der Waals surface area contributed by atoms with E-state index in [0.717, 1.165) is 5.56 Å². The van der Waals surface area contributed by atoms with Crippen LogP contribution in [0.25, 0.3) is 0 Å². The number of carboxylic acids is 1. The maximum atomic E-state index is 11.5. The molecule has 20 heavy (non-hydrogen) atoms. The van der Waals surface area contributed by atoms with Gasteiger partial charge in [0.1, 0.15) is 6.54 Å². The lowest BCUT2D eigenvalue weighted by Crippen LogP contribution is -2.42. The highest BCUT2D eigenvalue weighted by atomic mass is 16.4. The molecule has 1 rings (SSSR count). The highest BCUT2D eigenvalue weighted by Gasteiger charge is 2.13. The van der Waals surface area contributed by atoms with Crippen molar-refractivity contribution in [2.75, 3.05) is 19.6 Å². The number of amides is 2. The number of nitrogens with zero attached hydrogens (tertiary/aromatic N) is 1. The van der Waals surface area contributed by atoms with Gasteiger partial charge in [-0.05, 0) is 12.0 Å². The molecule has 0 aliphatic carbocycles. The smallest absolute Gasteiger partial charge is 0.322 e. The summed E-state index contributed by atoms with van der Waals surface area (Å²) in [7, 11) is 0. The second-order valence-corrected chi connectivity index (χ2v) is 4.35. The van der Waals surface area contributed by atoms with E-state index in [1.165, 1.54) is 11.8 Å². The lowest BCUT2D eigenvalue weighted by atomic mass is 10.1. The summed E-state index contributed by atoms with van der Waals surface area (Å²) in [5, 5.41) is 10.7. The molecule has 0 saturated carbocycles. The van der Waals surface area contributed by atoms with Crippen LogP contribution in [0.4, 0.5) is 0 Å². The van der Waals surface area contributed by atoms with Gasteiger partial charge in [0, 0.05) is 13.5 Å². The van der Waals surface area contributed by atoms with Crippen molar-refractivity contribution < 1.29 is 19.5 Å². The predicted octanol–water partition coefficient (Wildman–Crippen LogP) is 0.278. The normalized spacial score (nSPS) is 9.85. The van der Waals surface area contributed by atoms with E-state index in [9.17, 15) is 14.4 Å². The lowest BCUT2D eigenvalue weighted by Gasteiger charge is -2.20. The van der Waals surface area contributed by atoms with Gasteiger partial charge in [-0.3, -0.25) is 14.4 Å². The van der Waals surface area contributed by atoms with Gasteiger partial charge in [0.25, 0.3) is 0 Å². The van der Waals surface area contributed by atoms with Gasteiger partial charge < -0.3 is 15.3 Å². The zero-order chi connectivity index (χ0) is 15.0. The first kappa shape index (κ1) is 15.7. The molecule has 2 N–H and O–H groups in total. The zero-order valence-electron chi connectivity index (χ0n) is 11.3. The van der Waals surface area contributed by atoms with Crippen LogP contribution in [0.2, 0.25) is 0 Å². The maximum absolute atomic E-state index is 11.5. The molecule has 0 radical (unpaired) electrons. The van der Waals surface area contributed by atoms with Crippen molar-refractivity contribution in [2.24, 2.45) is 0 Å². The Hall–Kier alpha value is -2.37. The predicted molar refractivity (Wildman–Crippen MR) is 73.0 cm³/mol. The Morgan fingerprint density at radius 2 is 1.85 bits per heavy atom. The van der Waals surface area contributed by atoms with E-state index in [-0.39, 0.29) is 12.5 Å². The maximum Gasteiger partial charge on any atom is 0.322 e. The average Bonchev–Trinajstić information content (AvgIpc) is 2.42. The van der Waals surface area contributed by atoms with Gasteiger partial charge in [-0.15, -0.1) is 0 Å². The van der Waals surface area contributed by atoms with Crippen LogP contribution < -0.4 is 5.32 Å². The fourth-order valence-corrected chi connectivity index (χ4v) is 1.66. The molecule has 0 heterocycles. The molecule has 0 aromatic heterocycles. The van der Waals surface area contributed by atoms with E-state index < -0.39 is 18.4 Å². The number of carboxylic acid groups (broad SMARTS) is 1. The molecule has 6 heteroatoms. The summed E-state index contributed by atoms with van der Waals surface area (Å²) >= 11 is 0. The molecular weight excluding hydrogens is 260 g/mol. The van der Waals surface area contributed by atoms with Crippen molar-refractivity contribution in [3.63, 3.8) is 0 Å². The molecule has 0 bridgehead atoms. The lowest BCUT2D eigenvalue weighted by molar-refractivity contribution is -0.138. The van der Waals surface area contributed by atoms with E-state index in [0.29, 0.717) is 13.0 Å². The number of hydrogen-bond donors (Lipinski definition) is 2. The summed E-state index contributed by atoms with van der Waals surface area (Å²) in [4.78, 5) is 34.7. The number of rotatable bonds is 7. The second-order valence-electron chi connectivity index (χ2n) is 4.35. The van der Waals surface area contributed by atoms with Gasteiger partial charge in [-0.2, -0.15) is 0 Å². The van der Waals surface area contributed by atoms with Crippen LogP contribution in [0.5, 0.6) is 0 Å². The number of carbonyl (C=O) groups is 3. The third kappa shape index (κ3) is 5.99. The molecule has 0 aliphatic rings. The Morgan fingerprint density at radius 3 is 2.40 bits per heavy atom. The number of aliphatic carboxylic acids is 1. The van der Waals surface area contributed by atoms with Gasteiger partial charge in [-0.25, -0.2) is 0 Å². The summed E-state index contributed by atoms with van der Waals surface area (Å²) in [6.45, 7) is 1.23. The molecule has 0 saturated heterocycles. The topological polar surface area (TPSA) is 86.7 Å². The Kier molecular flexibility index (Phi) is 6.22. The highest BCUT2D eigenvalue weighted by Crippen LogP contribution is 2.01. The van der Waals surface area contributed by atoms with E-state index in [1.54, 1.807) is 0 Å². The zero-order valence-corrected chi connectivity index (χ0v) is 11.3. The molecule has 0 fully saturated rings. The summed E-state index contributed by atoms with van der Waals surface area (Å²) in [5.74, 6) is -1.81. The fraction of sp³-hybridized carbons (Fsp3) is 0.357. The van der Waals surface area contributed by atoms with Gasteiger partial charge in [0.15, 0.2) is 0 Å². The number of carbonyl (C=O) groups excluding carboxylic acids is 2. The van der Waals surface area contributed by atoms with Gasteiger partial charge in [0.05, 0.1) is 6.54 Å². The van der Waals surface area contributed by atoms with Gasteiger partial charge in [0.2, 0.25) is 11.8 Å². The van der Waals surface area contributed by atoms with Crippen LogP contribution in [-0.4, -0.2) is 47.4 Å². The molecule has 0 spiro atoms. The first-order chi connectivity index (χ1) is 9.49. The first-order valence-corrected chi connectivity index (χ1v) is 6.27. The number of nitrogens with one attached hydrogen (secondary N) is 1. The van der Waals surface area contributed by atoms with Crippen LogP contribution in [0.3, 0.4) is 0 Å². The molecule has 0 atom stereocenters. The van der Waals surface area contributed by atoms with Crippen molar-refractivity contribution in [3.8, 4) is 0 Å². The first-order valence-electron chi connectivity index (χ1n) is 6.27. The quantitative estimate of drug-likeness (QED) is 0.750. The summed E-state index contributed by atoms with van der Waals surface area (Å²) in [6.07, 6.45) is 0.645. The fourth-order valence-electron chi connectivity index (χ4n) is 1.66. The molecule has 2 amide bonds. The monoisotopic (exact) mass is 278 g/mol. The standard InChI is InChI=1S/C14H18N2O4/c1-11(17)16(10-13(18)15-9-14(19)20)8-7-12-5-3-2-4-6-12/h2-6H,7-10H2,1H3,(H,15,18)(H,19,20). The second kappa shape index (κ2) is 7.93. The van der Waals surface area contributed by atoms with E-state index >= 15 is 0 Å². The summed E-state index contributed by atoms with van der Waals surface area (Å²) in [6, 6.07) is 9.62. The van der Waals surface area contributed by atoms with Crippen LogP contribution in [0, 0.1) is 0 Å². The Labute approximate surface area is 117 Å². The van der Waals surface area contributed by atoms with Gasteiger partial charge in [-0.1, -0.05) is 30.3 Å². The molecule has 0 unspecified atom stereocenters. The van der Waals surface area contributed by atoms with Crippen molar-refractivity contribution in [1.29, 1.82) is 0 Å². The molecular formula is C14H18N2O4. The van der Waals surface area contributed by atoms with E-state index in [2.05, 4.69) is 5.32 Å². The van der Waals surface area contributed by atoms with E-state index in [1.807, 2.05) is 30.3 Å². The van der Waals surface area contributed by atoms with Crippen LogP contribution >= 0.6 is 0 Å². The SMILES string of the molecule is CC(=O)N(CCc1ccccc1)CC(=O)NCC(=O)O. The van der Waals surface area contributed by atoms with Crippen molar-refractivity contribution in [1.82, 2.24) is 10.2 Å². The van der Waals surface area contributed by atoms with Crippen LogP contribution in [-0.2, 0) is 20.8 Å². The van der Waals surface area contributed by atoms with Crippen LogP contribution in [0.1, 0.15) is 12.5 Å². The minimum absolute atomic E-state index is 0.130. The van der Waals surface area contributed by atoms with E-state index in [4.69, 9.17) is 5.11 Å². The average molecular weight is 278 g/mol. The van der Waals surface area contributed by atoms with Crippen LogP contribution in [0.15, 0.2) is 30.3 Å². The molecule has 6 nitrogen and oxygen atoms in total. The van der Waals surface area contributed by atoms with Crippen molar-refractivity contribution >= 4 is 17.8 Å². The van der Waals surface area contributed by atoms with Gasteiger partial charge >= 0.3 is 5.97 Å². The number of hydrogen-bond acceptors (Lipinski definition) is 3. The third-order valence-corrected chi connectivity index (χ3v) is 2.73. The summed E-state index contributed by atoms with van der Waals surface area (Å²) in [5.41, 5.74) is 1.07. The molecule has 0 aliphatic heterocycles. The largest absolute Gasteiger partial charge is 0.480 e. The summed E-state index contributed by atoms with van der Waals surface area (Å²) < 4.78 is 0. The molecule has 108 valence electrons. The van der Waals surface area contributed by atoms with Crippen molar-refractivity contribution in [3.05, 3.63) is 35.9 Å². The Bertz CT molecular complexity index is 473. The Morgan fingerprint density at radius 1 is 1.20 bits per heavy atom.